The fourth-order valence-electron chi connectivity index (χ4n) is 4.12. The highest BCUT2D eigenvalue weighted by Gasteiger charge is 2.28. The first-order valence-electron chi connectivity index (χ1n) is 11.6. The van der Waals surface area contributed by atoms with Crippen LogP contribution in [0, 0.1) is 12.8 Å². The number of carboxylic acids is 1. The van der Waals surface area contributed by atoms with Gasteiger partial charge < -0.3 is 14.6 Å². The summed E-state index contributed by atoms with van der Waals surface area (Å²) in [7, 11) is 1.86. The first-order valence-corrected chi connectivity index (χ1v) is 11.6. The van der Waals surface area contributed by atoms with E-state index in [1.807, 2.05) is 20.9 Å². The van der Waals surface area contributed by atoms with E-state index in [0.29, 0.717) is 54.8 Å². The average molecular weight is 467 g/mol. The lowest BCUT2D eigenvalue weighted by molar-refractivity contribution is -0.143. The topological polar surface area (TPSA) is 125 Å². The van der Waals surface area contributed by atoms with Crippen molar-refractivity contribution in [3.63, 3.8) is 0 Å². The lowest BCUT2D eigenvalue weighted by Crippen LogP contribution is -2.29. The average Bonchev–Trinajstić information content (AvgIpc) is 3.19. The molecule has 1 fully saturated rings. The monoisotopic (exact) mass is 466 g/mol. The third kappa shape index (κ3) is 5.49. The van der Waals surface area contributed by atoms with Crippen LogP contribution in [0.25, 0.3) is 11.4 Å². The summed E-state index contributed by atoms with van der Waals surface area (Å²) in [6.45, 7) is 4.52. The van der Waals surface area contributed by atoms with Crippen LogP contribution in [-0.2, 0) is 18.3 Å². The van der Waals surface area contributed by atoms with E-state index in [1.54, 1.807) is 29.3 Å². The van der Waals surface area contributed by atoms with Gasteiger partial charge in [-0.3, -0.25) is 9.48 Å². The highest BCUT2D eigenvalue weighted by atomic mass is 16.5. The molecule has 0 amide bonds. The van der Waals surface area contributed by atoms with E-state index in [-0.39, 0.29) is 12.0 Å². The Balaban J connectivity index is 1.51. The molecule has 1 saturated carbocycles. The minimum atomic E-state index is -0.757. The molecule has 1 aliphatic carbocycles. The molecule has 0 radical (unpaired) electrons. The van der Waals surface area contributed by atoms with Crippen molar-refractivity contribution < 1.29 is 19.4 Å². The number of aliphatic carboxylic acids is 1. The maximum absolute atomic E-state index is 11.3. The lowest BCUT2D eigenvalue weighted by Gasteiger charge is -2.27. The Morgan fingerprint density at radius 2 is 2.09 bits per heavy atom. The van der Waals surface area contributed by atoms with Crippen molar-refractivity contribution in [2.24, 2.45) is 13.0 Å². The van der Waals surface area contributed by atoms with Crippen LogP contribution >= 0.6 is 0 Å². The van der Waals surface area contributed by atoms with Gasteiger partial charge in [0.05, 0.1) is 54.4 Å². The van der Waals surface area contributed by atoms with Gasteiger partial charge >= 0.3 is 5.97 Å². The zero-order valence-corrected chi connectivity index (χ0v) is 19.8. The third-order valence-corrected chi connectivity index (χ3v) is 5.97. The van der Waals surface area contributed by atoms with Crippen LogP contribution in [0.2, 0.25) is 0 Å². The van der Waals surface area contributed by atoms with Crippen molar-refractivity contribution in [3.8, 4) is 23.0 Å². The first-order chi connectivity index (χ1) is 16.4. The van der Waals surface area contributed by atoms with Crippen molar-refractivity contribution in [1.29, 1.82) is 0 Å². The molecule has 10 nitrogen and oxygen atoms in total. The van der Waals surface area contributed by atoms with Gasteiger partial charge in [0.15, 0.2) is 11.6 Å². The standard InChI is InChI=1S/C24H30N6O4/c1-4-10-33-22-8-9-25-21(29-22)12-19-18(13-27-30(19)3)23-26-14-20(15(2)28-23)34-17-7-5-6-16(11-17)24(31)32/h8-9,13-14,16-17H,4-7,10-12H2,1-3H3,(H,31,32)/t16-,17-/m0/s1. The van der Waals surface area contributed by atoms with Crippen molar-refractivity contribution in [1.82, 2.24) is 29.7 Å². The molecular formula is C24H30N6O4. The van der Waals surface area contributed by atoms with Crippen LogP contribution in [0.1, 0.15) is 56.2 Å². The van der Waals surface area contributed by atoms with E-state index >= 15 is 0 Å². The van der Waals surface area contributed by atoms with Crippen molar-refractivity contribution in [3.05, 3.63) is 41.9 Å². The summed E-state index contributed by atoms with van der Waals surface area (Å²) in [5.74, 6) is 1.18. The molecule has 1 aliphatic rings. The molecule has 34 heavy (non-hydrogen) atoms. The van der Waals surface area contributed by atoms with E-state index < -0.39 is 5.97 Å². The van der Waals surface area contributed by atoms with E-state index in [0.717, 1.165) is 30.5 Å². The van der Waals surface area contributed by atoms with Gasteiger partial charge in [-0.2, -0.15) is 10.1 Å². The molecule has 1 N–H and O–H groups in total. The zero-order valence-electron chi connectivity index (χ0n) is 19.8. The van der Waals surface area contributed by atoms with Gasteiger partial charge in [0.2, 0.25) is 5.88 Å². The fourth-order valence-corrected chi connectivity index (χ4v) is 4.12. The van der Waals surface area contributed by atoms with Gasteiger partial charge in [0.1, 0.15) is 5.82 Å². The second-order valence-electron chi connectivity index (χ2n) is 8.55. The summed E-state index contributed by atoms with van der Waals surface area (Å²) in [5, 5.41) is 13.7. The minimum Gasteiger partial charge on any atom is -0.487 e. The number of ether oxygens (including phenoxy) is 2. The minimum absolute atomic E-state index is 0.142. The highest BCUT2D eigenvalue weighted by Crippen LogP contribution is 2.30. The smallest absolute Gasteiger partial charge is 0.306 e. The molecular weight excluding hydrogens is 436 g/mol. The van der Waals surface area contributed by atoms with E-state index in [4.69, 9.17) is 9.47 Å². The molecule has 3 aromatic rings. The predicted octanol–water partition coefficient (Wildman–Crippen LogP) is 3.38. The van der Waals surface area contributed by atoms with Crippen LogP contribution in [0.5, 0.6) is 11.6 Å². The number of hydrogen-bond acceptors (Lipinski definition) is 8. The molecule has 180 valence electrons. The molecule has 10 heteroatoms. The van der Waals surface area contributed by atoms with Gasteiger partial charge in [-0.1, -0.05) is 6.92 Å². The van der Waals surface area contributed by atoms with Gasteiger partial charge in [0, 0.05) is 19.3 Å². The van der Waals surface area contributed by atoms with E-state index in [9.17, 15) is 9.90 Å². The van der Waals surface area contributed by atoms with Crippen LogP contribution < -0.4 is 9.47 Å². The van der Waals surface area contributed by atoms with Crippen molar-refractivity contribution in [2.45, 2.75) is 58.5 Å². The number of carboxylic acid groups (broad SMARTS) is 1. The maximum atomic E-state index is 11.3. The summed E-state index contributed by atoms with van der Waals surface area (Å²) in [5.41, 5.74) is 2.38. The first kappa shape index (κ1) is 23.6. The number of carbonyl (C=O) groups is 1. The van der Waals surface area contributed by atoms with E-state index in [2.05, 4.69) is 25.0 Å². The summed E-state index contributed by atoms with van der Waals surface area (Å²) in [6.07, 6.45) is 9.18. The number of hydrogen-bond donors (Lipinski definition) is 1. The van der Waals surface area contributed by atoms with Crippen LogP contribution in [0.15, 0.2) is 24.7 Å². The number of nitrogens with zero attached hydrogens (tertiary/aromatic N) is 6. The molecule has 0 unspecified atom stereocenters. The maximum Gasteiger partial charge on any atom is 0.306 e. The molecule has 0 spiro atoms. The fraction of sp³-hybridized carbons (Fsp3) is 0.500. The molecule has 0 aromatic carbocycles. The molecule has 3 heterocycles. The van der Waals surface area contributed by atoms with Crippen molar-refractivity contribution in [2.75, 3.05) is 6.61 Å². The molecule has 0 aliphatic heterocycles. The quantitative estimate of drug-likeness (QED) is 0.505. The Labute approximate surface area is 198 Å². The van der Waals surface area contributed by atoms with Gasteiger partial charge in [-0.25, -0.2) is 15.0 Å². The Hall–Kier alpha value is -3.56. The van der Waals surface area contributed by atoms with Gasteiger partial charge in [-0.15, -0.1) is 0 Å². The normalized spacial score (nSPS) is 18.0. The highest BCUT2D eigenvalue weighted by molar-refractivity contribution is 5.70. The molecule has 0 bridgehead atoms. The number of aryl methyl sites for hydroxylation is 2. The van der Waals surface area contributed by atoms with Gasteiger partial charge in [0.25, 0.3) is 0 Å². The van der Waals surface area contributed by atoms with E-state index in [1.165, 1.54) is 0 Å². The predicted molar refractivity (Wildman–Crippen MR) is 124 cm³/mol. The van der Waals surface area contributed by atoms with Crippen LogP contribution in [-0.4, -0.2) is 53.5 Å². The number of rotatable bonds is 9. The van der Waals surface area contributed by atoms with Crippen LogP contribution in [0.3, 0.4) is 0 Å². The Kier molecular flexibility index (Phi) is 7.34. The Bertz CT molecular complexity index is 1150. The second-order valence-corrected chi connectivity index (χ2v) is 8.55. The zero-order chi connectivity index (χ0) is 24.1. The van der Waals surface area contributed by atoms with Crippen molar-refractivity contribution >= 4 is 5.97 Å². The summed E-state index contributed by atoms with van der Waals surface area (Å²) < 4.78 is 13.5. The van der Waals surface area contributed by atoms with Gasteiger partial charge in [-0.05, 0) is 39.0 Å². The summed E-state index contributed by atoms with van der Waals surface area (Å²) in [6, 6.07) is 1.75. The Morgan fingerprint density at radius 1 is 1.24 bits per heavy atom. The third-order valence-electron chi connectivity index (χ3n) is 5.97. The molecule has 2 atom stereocenters. The largest absolute Gasteiger partial charge is 0.487 e. The Morgan fingerprint density at radius 3 is 2.85 bits per heavy atom. The molecule has 0 saturated heterocycles. The summed E-state index contributed by atoms with van der Waals surface area (Å²) in [4.78, 5) is 29.4. The molecule has 4 rings (SSSR count). The SMILES string of the molecule is CCCOc1ccnc(Cc2c(-c3ncc(O[C@H]4CCC[C@H](C(=O)O)C4)c(C)n3)cnn2C)n1. The lowest BCUT2D eigenvalue weighted by atomic mass is 9.87. The summed E-state index contributed by atoms with van der Waals surface area (Å²) >= 11 is 0. The molecule has 3 aromatic heterocycles. The van der Waals surface area contributed by atoms with Crippen LogP contribution in [0.4, 0.5) is 0 Å². The number of aromatic nitrogens is 6. The second kappa shape index (κ2) is 10.6.